The summed E-state index contributed by atoms with van der Waals surface area (Å²) in [7, 11) is 1.48. The van der Waals surface area contributed by atoms with Crippen molar-refractivity contribution in [3.63, 3.8) is 0 Å². The summed E-state index contributed by atoms with van der Waals surface area (Å²) in [4.78, 5) is 43.9. The first-order chi connectivity index (χ1) is 14.3. The fraction of sp³-hybridized carbons (Fsp3) is 0.100. The minimum Gasteiger partial charge on any atom is -0.364 e. The van der Waals surface area contributed by atoms with E-state index in [1.54, 1.807) is 12.1 Å². The topological polar surface area (TPSA) is 121 Å². The lowest BCUT2D eigenvalue weighted by atomic mass is 10.1. The van der Waals surface area contributed by atoms with E-state index in [-0.39, 0.29) is 22.5 Å². The Kier molecular flexibility index (Phi) is 5.86. The third kappa shape index (κ3) is 4.17. The van der Waals surface area contributed by atoms with Crippen LogP contribution in [0.15, 0.2) is 54.9 Å². The van der Waals surface area contributed by atoms with E-state index in [1.807, 2.05) is 0 Å². The number of anilines is 2. The van der Waals surface area contributed by atoms with Gasteiger partial charge in [0.15, 0.2) is 5.69 Å². The number of amides is 3. The molecule has 1 aromatic heterocycles. The van der Waals surface area contributed by atoms with Crippen LogP contribution in [0.4, 0.5) is 20.2 Å². The second kappa shape index (κ2) is 8.52. The first kappa shape index (κ1) is 20.6. The molecule has 30 heavy (non-hydrogen) atoms. The van der Waals surface area contributed by atoms with Gasteiger partial charge in [0, 0.05) is 29.5 Å². The van der Waals surface area contributed by atoms with Crippen LogP contribution in [0, 0.1) is 0 Å². The third-order valence-electron chi connectivity index (χ3n) is 4.35. The molecular weight excluding hydrogens is 396 g/mol. The van der Waals surface area contributed by atoms with Gasteiger partial charge in [-0.2, -0.15) is 0 Å². The van der Waals surface area contributed by atoms with Gasteiger partial charge in [-0.15, -0.1) is 0 Å². The minimum absolute atomic E-state index is 0.103. The van der Waals surface area contributed by atoms with Gasteiger partial charge in [0.25, 0.3) is 24.1 Å². The zero-order chi connectivity index (χ0) is 21.8. The number of H-pyrrole nitrogens is 1. The lowest BCUT2D eigenvalue weighted by Gasteiger charge is -2.17. The molecule has 154 valence electrons. The second-order valence-corrected chi connectivity index (χ2v) is 6.24. The lowest BCUT2D eigenvalue weighted by molar-refractivity contribution is 0.0958. The van der Waals surface area contributed by atoms with Gasteiger partial charge in [-0.05, 0) is 30.3 Å². The molecule has 3 amide bonds. The van der Waals surface area contributed by atoms with Gasteiger partial charge in [0.05, 0.1) is 6.33 Å². The summed E-state index contributed by atoms with van der Waals surface area (Å²) < 4.78 is 26.2. The number of primary amides is 1. The number of carbonyl (C=O) groups excluding carboxylic acids is 3. The number of aromatic nitrogens is 2. The molecule has 0 atom stereocenters. The molecule has 0 aliphatic heterocycles. The zero-order valence-corrected chi connectivity index (χ0v) is 15.7. The highest BCUT2D eigenvalue weighted by molar-refractivity contribution is 6.11. The van der Waals surface area contributed by atoms with Gasteiger partial charge in [-0.1, -0.05) is 18.2 Å². The molecule has 0 radical (unpaired) electrons. The van der Waals surface area contributed by atoms with E-state index in [2.05, 4.69) is 15.3 Å². The summed E-state index contributed by atoms with van der Waals surface area (Å²) in [5, 5.41) is 2.55. The number of hydrogen-bond acceptors (Lipinski definition) is 4. The average Bonchev–Trinajstić information content (AvgIpc) is 3.23. The number of rotatable bonds is 6. The van der Waals surface area contributed by atoms with E-state index in [4.69, 9.17) is 5.73 Å². The molecule has 0 spiro atoms. The third-order valence-corrected chi connectivity index (χ3v) is 4.35. The van der Waals surface area contributed by atoms with Crippen molar-refractivity contribution in [1.29, 1.82) is 0 Å². The van der Waals surface area contributed by atoms with Crippen LogP contribution >= 0.6 is 0 Å². The van der Waals surface area contributed by atoms with Crippen molar-refractivity contribution in [3.8, 4) is 0 Å². The molecule has 8 nitrogen and oxygen atoms in total. The average molecular weight is 413 g/mol. The van der Waals surface area contributed by atoms with Crippen molar-refractivity contribution in [2.24, 2.45) is 5.73 Å². The summed E-state index contributed by atoms with van der Waals surface area (Å²) in [6, 6.07) is 11.6. The lowest BCUT2D eigenvalue weighted by Crippen LogP contribution is -2.29. The molecule has 0 bridgehead atoms. The number of hydrogen-bond donors (Lipinski definition) is 3. The molecule has 0 fully saturated rings. The van der Waals surface area contributed by atoms with Crippen LogP contribution in [-0.2, 0) is 0 Å². The van der Waals surface area contributed by atoms with E-state index in [9.17, 15) is 23.2 Å². The Morgan fingerprint density at radius 2 is 1.77 bits per heavy atom. The van der Waals surface area contributed by atoms with Crippen molar-refractivity contribution in [2.75, 3.05) is 17.3 Å². The van der Waals surface area contributed by atoms with Crippen LogP contribution in [0.25, 0.3) is 0 Å². The Labute approximate surface area is 169 Å². The number of nitrogens with one attached hydrogen (secondary N) is 2. The summed E-state index contributed by atoms with van der Waals surface area (Å²) in [5.74, 6) is -2.05. The van der Waals surface area contributed by atoms with E-state index < -0.39 is 24.1 Å². The first-order valence-electron chi connectivity index (χ1n) is 8.69. The standard InChI is InChI=1S/C20H17F2N5O3/c1-27(20(30)16-15(18(23)28)24-10-25-16)12-8-6-11(7-9-12)26-19(29)14-5-3-2-4-13(14)17(21)22/h2-10,17H,1H3,(H2,23,28)(H,24,25)(H,26,29). The number of carbonyl (C=O) groups is 3. The molecular formula is C20H17F2N5O3. The van der Waals surface area contributed by atoms with E-state index in [1.165, 1.54) is 54.7 Å². The smallest absolute Gasteiger partial charge is 0.279 e. The minimum atomic E-state index is -2.78. The van der Waals surface area contributed by atoms with Crippen LogP contribution < -0.4 is 16.0 Å². The molecule has 10 heteroatoms. The number of aromatic amines is 1. The molecule has 0 saturated heterocycles. The molecule has 3 aromatic rings. The molecule has 0 aliphatic carbocycles. The number of halogens is 2. The number of benzene rings is 2. The Morgan fingerprint density at radius 1 is 1.10 bits per heavy atom. The molecule has 0 unspecified atom stereocenters. The quantitative estimate of drug-likeness (QED) is 0.575. The van der Waals surface area contributed by atoms with Crippen molar-refractivity contribution >= 4 is 29.1 Å². The van der Waals surface area contributed by atoms with Crippen LogP contribution in [0.2, 0.25) is 0 Å². The van der Waals surface area contributed by atoms with Crippen LogP contribution in [0.5, 0.6) is 0 Å². The van der Waals surface area contributed by atoms with Crippen molar-refractivity contribution in [1.82, 2.24) is 9.97 Å². The number of nitrogens with zero attached hydrogens (tertiary/aromatic N) is 2. The number of alkyl halides is 2. The van der Waals surface area contributed by atoms with E-state index in [0.717, 1.165) is 0 Å². The molecule has 0 saturated carbocycles. The fourth-order valence-corrected chi connectivity index (χ4v) is 2.78. The SMILES string of the molecule is CN(C(=O)c1nc[nH]c1C(N)=O)c1ccc(NC(=O)c2ccccc2C(F)F)cc1. The Bertz CT molecular complexity index is 1100. The van der Waals surface area contributed by atoms with Crippen molar-refractivity contribution in [2.45, 2.75) is 6.43 Å². The summed E-state index contributed by atoms with van der Waals surface area (Å²) in [6.07, 6.45) is -1.59. The Morgan fingerprint density at radius 3 is 2.40 bits per heavy atom. The van der Waals surface area contributed by atoms with Gasteiger partial charge in [-0.25, -0.2) is 13.8 Å². The van der Waals surface area contributed by atoms with Crippen LogP contribution in [-0.4, -0.2) is 34.7 Å². The highest BCUT2D eigenvalue weighted by Gasteiger charge is 2.23. The number of imidazole rings is 1. The number of nitrogens with two attached hydrogens (primary N) is 1. The summed E-state index contributed by atoms with van der Waals surface area (Å²) in [5.41, 5.74) is 5.31. The highest BCUT2D eigenvalue weighted by Crippen LogP contribution is 2.24. The van der Waals surface area contributed by atoms with Gasteiger partial charge in [-0.3, -0.25) is 14.4 Å². The fourth-order valence-electron chi connectivity index (χ4n) is 2.78. The summed E-state index contributed by atoms with van der Waals surface area (Å²) in [6.45, 7) is 0. The van der Waals surface area contributed by atoms with E-state index >= 15 is 0 Å². The maximum absolute atomic E-state index is 13.1. The first-order valence-corrected chi connectivity index (χ1v) is 8.69. The van der Waals surface area contributed by atoms with Crippen LogP contribution in [0.3, 0.4) is 0 Å². The van der Waals surface area contributed by atoms with Gasteiger partial charge < -0.3 is 20.9 Å². The van der Waals surface area contributed by atoms with Gasteiger partial charge in [0.2, 0.25) is 0 Å². The highest BCUT2D eigenvalue weighted by atomic mass is 19.3. The predicted octanol–water partition coefficient (Wildman–Crippen LogP) is 2.98. The zero-order valence-electron chi connectivity index (χ0n) is 15.7. The second-order valence-electron chi connectivity index (χ2n) is 6.24. The predicted molar refractivity (Wildman–Crippen MR) is 106 cm³/mol. The van der Waals surface area contributed by atoms with Crippen molar-refractivity contribution in [3.05, 3.63) is 77.4 Å². The molecule has 1 heterocycles. The largest absolute Gasteiger partial charge is 0.364 e. The van der Waals surface area contributed by atoms with Gasteiger partial charge >= 0.3 is 0 Å². The van der Waals surface area contributed by atoms with Crippen LogP contribution in [0.1, 0.15) is 43.3 Å². The molecule has 3 rings (SSSR count). The molecule has 0 aliphatic rings. The maximum atomic E-state index is 13.1. The Hall–Kier alpha value is -4.08. The van der Waals surface area contributed by atoms with E-state index in [0.29, 0.717) is 11.4 Å². The Balaban J connectivity index is 1.75. The monoisotopic (exact) mass is 413 g/mol. The van der Waals surface area contributed by atoms with Crippen molar-refractivity contribution < 1.29 is 23.2 Å². The maximum Gasteiger partial charge on any atom is 0.279 e. The normalized spacial score (nSPS) is 10.7. The van der Waals surface area contributed by atoms with Gasteiger partial charge in [0.1, 0.15) is 5.69 Å². The summed E-state index contributed by atoms with van der Waals surface area (Å²) >= 11 is 0. The molecule has 4 N–H and O–H groups in total. The molecule has 2 aromatic carbocycles.